The van der Waals surface area contributed by atoms with Crippen LogP contribution in [0.3, 0.4) is 0 Å². The molecule has 1 aliphatic carbocycles. The van der Waals surface area contributed by atoms with Crippen LogP contribution in [0.5, 0.6) is 0 Å². The van der Waals surface area contributed by atoms with Gasteiger partial charge in [0.1, 0.15) is 0 Å². The lowest BCUT2D eigenvalue weighted by molar-refractivity contribution is 0.187. The zero-order chi connectivity index (χ0) is 8.39. The van der Waals surface area contributed by atoms with Crippen molar-refractivity contribution in [2.75, 3.05) is 13.1 Å². The third-order valence-electron chi connectivity index (χ3n) is 3.67. The quantitative estimate of drug-likeness (QED) is 0.611. The van der Waals surface area contributed by atoms with Gasteiger partial charge in [-0.15, -0.1) is 0 Å². The average Bonchev–Trinajstić information content (AvgIpc) is 2.40. The van der Waals surface area contributed by atoms with Gasteiger partial charge in [0.15, 0.2) is 0 Å². The maximum Gasteiger partial charge on any atom is 0.00954 e. The highest BCUT2D eigenvalue weighted by atomic mass is 15.2. The van der Waals surface area contributed by atoms with E-state index in [4.69, 9.17) is 0 Å². The Hall–Kier alpha value is -0.0400. The number of hydrogen-bond donors (Lipinski definition) is 0. The zero-order valence-electron chi connectivity index (χ0n) is 8.26. The van der Waals surface area contributed by atoms with E-state index < -0.39 is 0 Å². The van der Waals surface area contributed by atoms with E-state index in [1.54, 1.807) is 0 Å². The lowest BCUT2D eigenvalue weighted by atomic mass is 9.86. The number of nitrogens with zero attached hydrogens (tertiary/aromatic N) is 1. The van der Waals surface area contributed by atoms with Gasteiger partial charge in [-0.25, -0.2) is 0 Å². The van der Waals surface area contributed by atoms with Gasteiger partial charge in [-0.3, -0.25) is 0 Å². The lowest BCUT2D eigenvalue weighted by Crippen LogP contribution is -2.35. The standard InChI is InChI=1S/C11H21N/c1-2-8-12-9-7-10-3-5-11(12)6-4-10/h10-11H,2-9H2,1H3. The molecule has 0 aromatic heterocycles. The molecular weight excluding hydrogens is 146 g/mol. The second kappa shape index (κ2) is 3.78. The smallest absolute Gasteiger partial charge is 0.00954 e. The first-order valence-electron chi connectivity index (χ1n) is 5.64. The fraction of sp³-hybridized carbons (Fsp3) is 1.00. The molecule has 3 aliphatic rings. The molecule has 0 radical (unpaired) electrons. The van der Waals surface area contributed by atoms with Crippen molar-refractivity contribution in [3.8, 4) is 0 Å². The maximum atomic E-state index is 2.74. The highest BCUT2D eigenvalue weighted by Gasteiger charge is 2.29. The SMILES string of the molecule is CCCN1CCC2CCC1CC2. The van der Waals surface area contributed by atoms with Crippen molar-refractivity contribution >= 4 is 0 Å². The van der Waals surface area contributed by atoms with Gasteiger partial charge in [-0.1, -0.05) is 6.92 Å². The van der Waals surface area contributed by atoms with Crippen molar-refractivity contribution in [3.63, 3.8) is 0 Å². The van der Waals surface area contributed by atoms with Gasteiger partial charge in [0, 0.05) is 6.04 Å². The van der Waals surface area contributed by atoms with Crippen LogP contribution in [0.4, 0.5) is 0 Å². The number of hydrogen-bond acceptors (Lipinski definition) is 1. The monoisotopic (exact) mass is 167 g/mol. The Morgan fingerprint density at radius 2 is 1.83 bits per heavy atom. The molecule has 70 valence electrons. The van der Waals surface area contributed by atoms with Gasteiger partial charge in [0.2, 0.25) is 0 Å². The second-order valence-corrected chi connectivity index (χ2v) is 4.50. The molecule has 2 bridgehead atoms. The van der Waals surface area contributed by atoms with E-state index in [-0.39, 0.29) is 0 Å². The normalized spacial score (nSPS) is 36.8. The molecule has 12 heavy (non-hydrogen) atoms. The van der Waals surface area contributed by atoms with Gasteiger partial charge in [-0.2, -0.15) is 0 Å². The number of rotatable bonds is 2. The Balaban J connectivity index is 1.96. The van der Waals surface area contributed by atoms with Crippen LogP contribution in [0.15, 0.2) is 0 Å². The van der Waals surface area contributed by atoms with Crippen molar-refractivity contribution in [2.24, 2.45) is 5.92 Å². The van der Waals surface area contributed by atoms with Crippen LogP contribution in [0.1, 0.15) is 45.4 Å². The predicted octanol–water partition coefficient (Wildman–Crippen LogP) is 2.66. The summed E-state index contributed by atoms with van der Waals surface area (Å²) < 4.78 is 0. The molecule has 0 N–H and O–H groups in total. The molecular formula is C11H21N. The second-order valence-electron chi connectivity index (χ2n) is 4.50. The third-order valence-corrected chi connectivity index (χ3v) is 3.67. The van der Waals surface area contributed by atoms with Gasteiger partial charge in [0.25, 0.3) is 0 Å². The molecule has 0 spiro atoms. The highest BCUT2D eigenvalue weighted by molar-refractivity contribution is 4.84. The van der Waals surface area contributed by atoms with Crippen LogP contribution in [0.25, 0.3) is 0 Å². The van der Waals surface area contributed by atoms with Crippen molar-refractivity contribution in [2.45, 2.75) is 51.5 Å². The van der Waals surface area contributed by atoms with E-state index in [9.17, 15) is 0 Å². The van der Waals surface area contributed by atoms with Crippen LogP contribution in [0.2, 0.25) is 0 Å². The van der Waals surface area contributed by atoms with Crippen LogP contribution < -0.4 is 0 Å². The molecule has 0 unspecified atom stereocenters. The summed E-state index contributed by atoms with van der Waals surface area (Å²) in [5.74, 6) is 1.09. The van der Waals surface area contributed by atoms with Gasteiger partial charge < -0.3 is 4.90 Å². The molecule has 2 aliphatic heterocycles. The molecule has 3 fully saturated rings. The van der Waals surface area contributed by atoms with E-state index in [0.717, 1.165) is 12.0 Å². The largest absolute Gasteiger partial charge is 0.300 e. The van der Waals surface area contributed by atoms with E-state index in [1.807, 2.05) is 0 Å². The summed E-state index contributed by atoms with van der Waals surface area (Å²) in [6.45, 7) is 5.04. The lowest BCUT2D eigenvalue weighted by Gasteiger charge is -2.30. The molecule has 3 rings (SSSR count). The van der Waals surface area contributed by atoms with Crippen molar-refractivity contribution in [1.29, 1.82) is 0 Å². The molecule has 1 heteroatoms. The summed E-state index contributed by atoms with van der Waals surface area (Å²) in [6, 6.07) is 0.962. The van der Waals surface area contributed by atoms with Gasteiger partial charge in [-0.05, 0) is 57.5 Å². The first kappa shape index (κ1) is 8.55. The highest BCUT2D eigenvalue weighted by Crippen LogP contribution is 2.33. The Labute approximate surface area is 76.1 Å². The van der Waals surface area contributed by atoms with Crippen molar-refractivity contribution < 1.29 is 0 Å². The topological polar surface area (TPSA) is 3.24 Å². The fourth-order valence-electron chi connectivity index (χ4n) is 2.91. The molecule has 0 amide bonds. The van der Waals surface area contributed by atoms with E-state index in [2.05, 4.69) is 11.8 Å². The summed E-state index contributed by atoms with van der Waals surface area (Å²) in [5, 5.41) is 0. The van der Waals surface area contributed by atoms with Crippen molar-refractivity contribution in [3.05, 3.63) is 0 Å². The maximum absolute atomic E-state index is 2.74. The molecule has 0 atom stereocenters. The molecule has 2 saturated heterocycles. The molecule has 2 heterocycles. The summed E-state index contributed by atoms with van der Waals surface area (Å²) in [7, 11) is 0. The predicted molar refractivity (Wildman–Crippen MR) is 52.2 cm³/mol. The summed E-state index contributed by atoms with van der Waals surface area (Å²) in [6.07, 6.45) is 8.84. The van der Waals surface area contributed by atoms with Gasteiger partial charge >= 0.3 is 0 Å². The summed E-state index contributed by atoms with van der Waals surface area (Å²) in [4.78, 5) is 2.74. The number of fused-ring (bicyclic) bond motifs is 4. The van der Waals surface area contributed by atoms with Crippen LogP contribution in [-0.4, -0.2) is 24.0 Å². The Bertz CT molecular complexity index is 136. The van der Waals surface area contributed by atoms with E-state index in [0.29, 0.717) is 0 Å². The minimum absolute atomic E-state index is 0.962. The van der Waals surface area contributed by atoms with E-state index >= 15 is 0 Å². The minimum atomic E-state index is 0.962. The van der Waals surface area contributed by atoms with Crippen molar-refractivity contribution in [1.82, 2.24) is 4.90 Å². The Kier molecular flexibility index (Phi) is 2.69. The van der Waals surface area contributed by atoms with Crippen LogP contribution in [0, 0.1) is 5.92 Å². The molecule has 1 saturated carbocycles. The summed E-state index contributed by atoms with van der Waals surface area (Å²) >= 11 is 0. The molecule has 0 aromatic carbocycles. The Morgan fingerprint density at radius 3 is 2.50 bits per heavy atom. The molecule has 1 nitrogen and oxygen atoms in total. The summed E-state index contributed by atoms with van der Waals surface area (Å²) in [5.41, 5.74) is 0. The first-order valence-corrected chi connectivity index (χ1v) is 5.64. The van der Waals surface area contributed by atoms with Crippen LogP contribution >= 0.6 is 0 Å². The minimum Gasteiger partial charge on any atom is -0.300 e. The zero-order valence-corrected chi connectivity index (χ0v) is 8.26. The van der Waals surface area contributed by atoms with E-state index in [1.165, 1.54) is 51.6 Å². The third kappa shape index (κ3) is 1.66. The first-order chi connectivity index (χ1) is 5.90. The van der Waals surface area contributed by atoms with Crippen LogP contribution in [-0.2, 0) is 0 Å². The fourth-order valence-corrected chi connectivity index (χ4v) is 2.91. The van der Waals surface area contributed by atoms with Gasteiger partial charge in [0.05, 0.1) is 0 Å². The molecule has 0 aromatic rings. The average molecular weight is 167 g/mol. The Morgan fingerprint density at radius 1 is 1.08 bits per heavy atom.